The van der Waals surface area contributed by atoms with E-state index in [9.17, 15) is 14.7 Å². The largest absolute Gasteiger partial charge is 1.00 e. The molecule has 4 rings (SSSR count). The summed E-state index contributed by atoms with van der Waals surface area (Å²) in [7, 11) is 7.10. The third-order valence-electron chi connectivity index (χ3n) is 5.95. The normalized spacial score (nSPS) is 10.2. The Morgan fingerprint density at radius 2 is 1.22 bits per heavy atom. The number of pyridine rings is 2. The number of anilines is 2. The van der Waals surface area contributed by atoms with Gasteiger partial charge in [0.2, 0.25) is 0 Å². The van der Waals surface area contributed by atoms with Crippen LogP contribution >= 0.6 is 58.6 Å². The van der Waals surface area contributed by atoms with Crippen LogP contribution in [0, 0.1) is 0 Å². The Labute approximate surface area is 376 Å². The van der Waals surface area contributed by atoms with E-state index in [2.05, 4.69) is 69.0 Å². The van der Waals surface area contributed by atoms with E-state index in [0.29, 0.717) is 27.7 Å². The first kappa shape index (κ1) is 52.1. The smallest absolute Gasteiger partial charge is 0.850 e. The molecule has 11 nitrogen and oxygen atoms in total. The first-order valence-electron chi connectivity index (χ1n) is 15.7. The number of thioether (sulfide) groups is 1. The van der Waals surface area contributed by atoms with Crippen molar-refractivity contribution < 1.29 is 66.1 Å². The number of rotatable bonds is 8. The van der Waals surface area contributed by atoms with Gasteiger partial charge in [0, 0.05) is 40.6 Å². The summed E-state index contributed by atoms with van der Waals surface area (Å²) in [4.78, 5) is 46.4. The van der Waals surface area contributed by atoms with Crippen LogP contribution in [0.5, 0.6) is 0 Å². The zero-order valence-corrected chi connectivity index (χ0v) is 40.0. The zero-order chi connectivity index (χ0) is 38.6. The number of hydrogen-bond donors (Lipinski definition) is 1. The van der Waals surface area contributed by atoms with Gasteiger partial charge in [0.05, 0.1) is 47.8 Å². The molecule has 2 amide bonds. The molecule has 0 fully saturated rings. The Morgan fingerprint density at radius 3 is 1.51 bits per heavy atom. The first-order chi connectivity index (χ1) is 23.4. The molecule has 0 atom stereocenters. The summed E-state index contributed by atoms with van der Waals surface area (Å²) in [5.74, 6) is 2.43. The van der Waals surface area contributed by atoms with Gasteiger partial charge < -0.3 is 24.0 Å². The molecule has 16 heteroatoms. The van der Waals surface area contributed by atoms with E-state index in [4.69, 9.17) is 11.6 Å². The fraction of sp³-hybridized carbons (Fsp3) is 0.486. The Hall–Kier alpha value is -1.02. The van der Waals surface area contributed by atoms with Gasteiger partial charge in [0.25, 0.3) is 11.8 Å². The van der Waals surface area contributed by atoms with Crippen molar-refractivity contribution in [2.45, 2.75) is 76.2 Å². The van der Waals surface area contributed by atoms with Gasteiger partial charge >= 0.3 is 51.4 Å². The standard InChI is InChI=1S/C15H20N4OS.C12H13ClN4O.C4H9O.C3H8S.CH3I.K/c1-11(2)21-10-14-17-9-13(19(14)4)15(20)18(3)12-6-5-7-16-8-12;1-16(9-4-3-5-14-7-9)12(18)10-8-15-11(6-13)17(10)2;1-4(2,3)5;1-3(2)4;1-2;/h5-9,11H,10H2,1-4H3;3-5,7-8H,6H2,1-2H3;1-3H3;3-4H,1-2H3;1H3;/q;;-1;;;+1. The minimum Gasteiger partial charge on any atom is -0.850 e. The minimum atomic E-state index is -0.750. The molecule has 4 aromatic heterocycles. The van der Waals surface area contributed by atoms with Gasteiger partial charge in [-0.3, -0.25) is 19.6 Å². The molecule has 0 saturated heterocycles. The molecule has 51 heavy (non-hydrogen) atoms. The van der Waals surface area contributed by atoms with E-state index in [1.165, 1.54) is 11.1 Å². The molecule has 0 N–H and O–H groups in total. The number of nitrogens with zero attached hydrogens (tertiary/aromatic N) is 8. The van der Waals surface area contributed by atoms with Gasteiger partial charge in [-0.2, -0.15) is 24.4 Å². The average Bonchev–Trinajstić information content (AvgIpc) is 3.64. The fourth-order valence-corrected chi connectivity index (χ4v) is 4.47. The van der Waals surface area contributed by atoms with Crippen LogP contribution < -0.4 is 66.3 Å². The zero-order valence-electron chi connectivity index (χ0n) is 32.3. The van der Waals surface area contributed by atoms with Crippen LogP contribution in [0.3, 0.4) is 0 Å². The number of imidazole rings is 2. The van der Waals surface area contributed by atoms with E-state index < -0.39 is 5.60 Å². The summed E-state index contributed by atoms with van der Waals surface area (Å²) >= 11 is 13.7. The van der Waals surface area contributed by atoms with Gasteiger partial charge in [-0.25, -0.2) is 9.97 Å². The van der Waals surface area contributed by atoms with Gasteiger partial charge in [-0.15, -0.1) is 17.2 Å². The number of hydrogen-bond acceptors (Lipinski definition) is 9. The predicted octanol–water partition coefficient (Wildman–Crippen LogP) is 4.09. The number of thiol groups is 1. The molecule has 0 aliphatic carbocycles. The molecule has 4 heterocycles. The molecule has 4 aromatic rings. The second kappa shape index (κ2) is 27.5. The second-order valence-corrected chi connectivity index (χ2v) is 15.0. The van der Waals surface area contributed by atoms with Crippen LogP contribution in [-0.4, -0.2) is 76.0 Å². The number of carbonyl (C=O) groups is 2. The number of halogens is 2. The van der Waals surface area contributed by atoms with Crippen molar-refractivity contribution >= 4 is 81.8 Å². The fourth-order valence-electron chi connectivity index (χ4n) is 3.48. The summed E-state index contributed by atoms with van der Waals surface area (Å²) < 4.78 is 3.56. The van der Waals surface area contributed by atoms with E-state index in [1.807, 2.05) is 60.4 Å². The van der Waals surface area contributed by atoms with E-state index in [0.717, 1.165) is 23.0 Å². The molecular weight excluding hydrogens is 846 g/mol. The Kier molecular flexibility index (Phi) is 28.1. The summed E-state index contributed by atoms with van der Waals surface area (Å²) in [6, 6.07) is 7.28. The number of aromatic nitrogens is 6. The van der Waals surface area contributed by atoms with E-state index in [-0.39, 0.29) is 69.1 Å². The summed E-state index contributed by atoms with van der Waals surface area (Å²) in [6.07, 6.45) is 9.84. The topological polar surface area (TPSA) is 125 Å². The molecule has 0 bridgehead atoms. The van der Waals surface area contributed by atoms with Crippen molar-refractivity contribution in [1.29, 1.82) is 0 Å². The monoisotopic (exact) mass is 898 g/mol. The summed E-state index contributed by atoms with van der Waals surface area (Å²) in [5.41, 5.74) is 1.83. The first-order valence-corrected chi connectivity index (χ1v) is 20.0. The summed E-state index contributed by atoms with van der Waals surface area (Å²) in [5, 5.41) is 11.2. The number of amides is 2. The third kappa shape index (κ3) is 20.9. The molecule has 0 saturated carbocycles. The minimum absolute atomic E-state index is 0. The van der Waals surface area contributed by atoms with Crippen molar-refractivity contribution in [1.82, 2.24) is 29.1 Å². The van der Waals surface area contributed by atoms with Gasteiger partial charge in [-0.1, -0.05) is 71.1 Å². The van der Waals surface area contributed by atoms with Crippen LogP contribution in [0.1, 0.15) is 81.1 Å². The van der Waals surface area contributed by atoms with Crippen molar-refractivity contribution in [2.75, 3.05) is 28.8 Å². The molecule has 278 valence electrons. The molecular formula is C35H53ClIKN8O3S2. The van der Waals surface area contributed by atoms with Crippen LogP contribution in [0.2, 0.25) is 0 Å². The Balaban J connectivity index is 0. The van der Waals surface area contributed by atoms with Gasteiger partial charge in [0.15, 0.2) is 0 Å². The maximum Gasteiger partial charge on any atom is 1.00 e. The average molecular weight is 899 g/mol. The molecule has 0 unspecified atom stereocenters. The molecule has 0 aromatic carbocycles. The van der Waals surface area contributed by atoms with Crippen molar-refractivity contribution in [3.63, 3.8) is 0 Å². The van der Waals surface area contributed by atoms with Crippen LogP contribution in [0.4, 0.5) is 11.4 Å². The maximum atomic E-state index is 12.5. The van der Waals surface area contributed by atoms with Gasteiger partial charge in [-0.05, 0) is 39.7 Å². The Bertz CT molecular complexity index is 1530. The van der Waals surface area contributed by atoms with Crippen LogP contribution in [0.25, 0.3) is 0 Å². The number of carbonyl (C=O) groups excluding carboxylic acids is 2. The Morgan fingerprint density at radius 1 is 0.863 bits per heavy atom. The third-order valence-corrected chi connectivity index (χ3v) is 7.28. The van der Waals surface area contributed by atoms with Crippen LogP contribution in [0.15, 0.2) is 61.4 Å². The number of alkyl halides is 2. The SMILES string of the molecule is CC(C)(C)[O-].CC(C)S.CC(C)SCc1ncc(C(=O)N(C)c2cccnc2)n1C.CI.CN(C(=O)c1cnc(CCl)n1C)c1cccnc1.[K+]. The van der Waals surface area contributed by atoms with Crippen molar-refractivity contribution in [3.05, 3.63) is 84.5 Å². The molecule has 0 aliphatic rings. The maximum absolute atomic E-state index is 12.5. The van der Waals surface area contributed by atoms with E-state index >= 15 is 0 Å². The molecule has 0 aliphatic heterocycles. The molecule has 0 radical (unpaired) electrons. The summed E-state index contributed by atoms with van der Waals surface area (Å²) in [6.45, 7) is 13.3. The quantitative estimate of drug-likeness (QED) is 0.122. The van der Waals surface area contributed by atoms with Crippen molar-refractivity contribution in [3.8, 4) is 0 Å². The van der Waals surface area contributed by atoms with Crippen LogP contribution in [-0.2, 0) is 25.7 Å². The predicted molar refractivity (Wildman–Crippen MR) is 220 cm³/mol. The van der Waals surface area contributed by atoms with Gasteiger partial charge in [0.1, 0.15) is 23.0 Å². The molecule has 0 spiro atoms. The second-order valence-electron chi connectivity index (χ2n) is 12.1. The van der Waals surface area contributed by atoms with Crippen molar-refractivity contribution in [2.24, 2.45) is 14.1 Å². The van der Waals surface area contributed by atoms with E-state index in [1.54, 1.807) is 88.4 Å².